The predicted octanol–water partition coefficient (Wildman–Crippen LogP) is 2.81. The Kier molecular flexibility index (Phi) is 4.03. The molecule has 1 amide bonds. The van der Waals surface area contributed by atoms with Crippen LogP contribution in [0.2, 0.25) is 0 Å². The van der Waals surface area contributed by atoms with E-state index in [1.54, 1.807) is 36.5 Å². The lowest BCUT2D eigenvalue weighted by molar-refractivity contribution is 0.0742. The highest BCUT2D eigenvalue weighted by Crippen LogP contribution is 2.23. The maximum atomic E-state index is 12.6. The molecule has 0 saturated carbocycles. The Morgan fingerprint density at radius 3 is 2.55 bits per heavy atom. The molecule has 0 radical (unpaired) electrons. The largest absolute Gasteiger partial charge is 0.398 e. The molecule has 1 heterocycles. The molecule has 20 heavy (non-hydrogen) atoms. The molecule has 0 spiro atoms. The van der Waals surface area contributed by atoms with Gasteiger partial charge in [0.05, 0.1) is 6.04 Å². The van der Waals surface area contributed by atoms with Crippen LogP contribution in [0.4, 0.5) is 5.69 Å². The number of benzene rings is 1. The second kappa shape index (κ2) is 5.74. The minimum absolute atomic E-state index is 0.0219. The first-order chi connectivity index (χ1) is 9.52. The third-order valence-electron chi connectivity index (χ3n) is 3.70. The third-order valence-corrected chi connectivity index (χ3v) is 3.70. The van der Waals surface area contributed by atoms with Crippen LogP contribution in [0.5, 0.6) is 0 Å². The lowest BCUT2D eigenvalue weighted by Crippen LogP contribution is -2.30. The summed E-state index contributed by atoms with van der Waals surface area (Å²) in [5.74, 6) is -0.0286. The lowest BCUT2D eigenvalue weighted by Gasteiger charge is -2.26. The van der Waals surface area contributed by atoms with E-state index in [9.17, 15) is 4.79 Å². The van der Waals surface area contributed by atoms with E-state index in [0.29, 0.717) is 11.3 Å². The van der Waals surface area contributed by atoms with E-state index >= 15 is 0 Å². The minimum atomic E-state index is -0.0286. The number of carbonyl (C=O) groups is 1. The summed E-state index contributed by atoms with van der Waals surface area (Å²) in [4.78, 5) is 18.3. The van der Waals surface area contributed by atoms with E-state index in [4.69, 9.17) is 5.73 Å². The average Bonchev–Trinajstić information content (AvgIpc) is 2.48. The second-order valence-electron chi connectivity index (χ2n) is 4.89. The molecule has 4 heteroatoms. The fourth-order valence-corrected chi connectivity index (χ4v) is 2.12. The van der Waals surface area contributed by atoms with Gasteiger partial charge in [0.2, 0.25) is 0 Å². The number of rotatable bonds is 3. The summed E-state index contributed by atoms with van der Waals surface area (Å²) in [7, 11) is 1.80. The smallest absolute Gasteiger partial charge is 0.254 e. The summed E-state index contributed by atoms with van der Waals surface area (Å²) in [6, 6.07) is 9.23. The van der Waals surface area contributed by atoms with Gasteiger partial charge in [0.15, 0.2) is 0 Å². The Balaban J connectivity index is 2.27. The molecule has 2 rings (SSSR count). The zero-order valence-electron chi connectivity index (χ0n) is 12.0. The highest BCUT2D eigenvalue weighted by molar-refractivity contribution is 5.97. The molecule has 1 atom stereocenters. The van der Waals surface area contributed by atoms with Crippen molar-refractivity contribution in [3.63, 3.8) is 0 Å². The van der Waals surface area contributed by atoms with Crippen LogP contribution in [0.25, 0.3) is 0 Å². The summed E-state index contributed by atoms with van der Waals surface area (Å²) in [5.41, 5.74) is 9.03. The predicted molar refractivity (Wildman–Crippen MR) is 80.3 cm³/mol. The molecule has 0 fully saturated rings. The van der Waals surface area contributed by atoms with Crippen molar-refractivity contribution >= 4 is 11.6 Å². The molecule has 1 aromatic carbocycles. The Labute approximate surface area is 119 Å². The highest BCUT2D eigenvalue weighted by Gasteiger charge is 2.20. The van der Waals surface area contributed by atoms with E-state index in [1.165, 1.54) is 0 Å². The van der Waals surface area contributed by atoms with Crippen LogP contribution in [0.3, 0.4) is 0 Å². The third kappa shape index (κ3) is 2.64. The van der Waals surface area contributed by atoms with Gasteiger partial charge in [-0.2, -0.15) is 0 Å². The van der Waals surface area contributed by atoms with Crippen LogP contribution >= 0.6 is 0 Å². The zero-order chi connectivity index (χ0) is 14.7. The molecule has 0 saturated heterocycles. The number of nitrogen functional groups attached to an aromatic ring is 1. The molecule has 0 aliphatic rings. The van der Waals surface area contributed by atoms with E-state index in [-0.39, 0.29) is 11.9 Å². The van der Waals surface area contributed by atoms with Crippen LogP contribution in [0.1, 0.15) is 34.5 Å². The molecule has 0 aliphatic carbocycles. The van der Waals surface area contributed by atoms with Gasteiger partial charge in [0, 0.05) is 30.7 Å². The topological polar surface area (TPSA) is 59.2 Å². The van der Waals surface area contributed by atoms with Crippen molar-refractivity contribution in [2.45, 2.75) is 19.9 Å². The Hall–Kier alpha value is -2.36. The number of hydrogen-bond acceptors (Lipinski definition) is 3. The number of anilines is 1. The summed E-state index contributed by atoms with van der Waals surface area (Å²) in [6.45, 7) is 3.86. The highest BCUT2D eigenvalue weighted by atomic mass is 16.2. The average molecular weight is 269 g/mol. The Morgan fingerprint density at radius 1 is 1.25 bits per heavy atom. The van der Waals surface area contributed by atoms with E-state index in [2.05, 4.69) is 4.98 Å². The summed E-state index contributed by atoms with van der Waals surface area (Å²) in [6.07, 6.45) is 3.46. The van der Waals surface area contributed by atoms with Crippen LogP contribution in [0, 0.1) is 6.92 Å². The van der Waals surface area contributed by atoms with Crippen molar-refractivity contribution in [3.05, 3.63) is 59.4 Å². The first-order valence-electron chi connectivity index (χ1n) is 6.54. The number of hydrogen-bond donors (Lipinski definition) is 1. The number of nitrogens with zero attached hydrogens (tertiary/aromatic N) is 2. The second-order valence-corrected chi connectivity index (χ2v) is 4.89. The first kappa shape index (κ1) is 14.1. The molecule has 1 unspecified atom stereocenters. The fourth-order valence-electron chi connectivity index (χ4n) is 2.12. The normalized spacial score (nSPS) is 11.9. The van der Waals surface area contributed by atoms with Gasteiger partial charge in [-0.25, -0.2) is 0 Å². The zero-order valence-corrected chi connectivity index (χ0v) is 12.0. The SMILES string of the molecule is Cc1c(N)cccc1C(=O)N(C)C(C)c1ccncc1. The number of carbonyl (C=O) groups excluding carboxylic acids is 1. The minimum Gasteiger partial charge on any atom is -0.398 e. The monoisotopic (exact) mass is 269 g/mol. The van der Waals surface area contributed by atoms with Crippen LogP contribution in [-0.4, -0.2) is 22.8 Å². The van der Waals surface area contributed by atoms with Gasteiger partial charge >= 0.3 is 0 Å². The van der Waals surface area contributed by atoms with E-state index in [0.717, 1.165) is 11.1 Å². The van der Waals surface area contributed by atoms with Crippen molar-refractivity contribution in [1.82, 2.24) is 9.88 Å². The maximum Gasteiger partial charge on any atom is 0.254 e. The quantitative estimate of drug-likeness (QED) is 0.872. The summed E-state index contributed by atoms with van der Waals surface area (Å²) < 4.78 is 0. The Morgan fingerprint density at radius 2 is 1.90 bits per heavy atom. The van der Waals surface area contributed by atoms with E-state index in [1.807, 2.05) is 32.0 Å². The molecule has 2 aromatic rings. The molecule has 104 valence electrons. The number of nitrogens with two attached hydrogens (primary N) is 1. The lowest BCUT2D eigenvalue weighted by atomic mass is 10.0. The molecular formula is C16H19N3O. The first-order valence-corrected chi connectivity index (χ1v) is 6.54. The van der Waals surface area contributed by atoms with Crippen molar-refractivity contribution in [2.24, 2.45) is 0 Å². The van der Waals surface area contributed by atoms with Gasteiger partial charge in [0.1, 0.15) is 0 Å². The van der Waals surface area contributed by atoms with Crippen molar-refractivity contribution in [1.29, 1.82) is 0 Å². The molecule has 1 aromatic heterocycles. The standard InChI is InChI=1S/C16H19N3O/c1-11-14(5-4-6-15(11)17)16(20)19(3)12(2)13-7-9-18-10-8-13/h4-10,12H,17H2,1-3H3. The van der Waals surface area contributed by atoms with Gasteiger partial charge in [-0.15, -0.1) is 0 Å². The van der Waals surface area contributed by atoms with Gasteiger partial charge in [-0.3, -0.25) is 9.78 Å². The van der Waals surface area contributed by atoms with Gasteiger partial charge in [0.25, 0.3) is 5.91 Å². The summed E-state index contributed by atoms with van der Waals surface area (Å²) >= 11 is 0. The van der Waals surface area contributed by atoms with Crippen LogP contribution in [0.15, 0.2) is 42.7 Å². The van der Waals surface area contributed by atoms with Gasteiger partial charge in [-0.1, -0.05) is 6.07 Å². The number of aromatic nitrogens is 1. The fraction of sp³-hybridized carbons (Fsp3) is 0.250. The van der Waals surface area contributed by atoms with Crippen molar-refractivity contribution in [3.8, 4) is 0 Å². The van der Waals surface area contributed by atoms with Crippen LogP contribution < -0.4 is 5.73 Å². The maximum absolute atomic E-state index is 12.6. The molecule has 2 N–H and O–H groups in total. The molecular weight excluding hydrogens is 250 g/mol. The molecule has 0 aliphatic heterocycles. The summed E-state index contributed by atoms with van der Waals surface area (Å²) in [5, 5.41) is 0. The number of pyridine rings is 1. The van der Waals surface area contributed by atoms with Crippen LogP contribution in [-0.2, 0) is 0 Å². The number of amides is 1. The molecule has 0 bridgehead atoms. The molecule has 4 nitrogen and oxygen atoms in total. The van der Waals surface area contributed by atoms with Gasteiger partial charge in [-0.05, 0) is 49.2 Å². The van der Waals surface area contributed by atoms with Crippen molar-refractivity contribution < 1.29 is 4.79 Å². The van der Waals surface area contributed by atoms with E-state index < -0.39 is 0 Å². The van der Waals surface area contributed by atoms with Gasteiger partial charge < -0.3 is 10.6 Å². The van der Waals surface area contributed by atoms with Crippen molar-refractivity contribution in [2.75, 3.05) is 12.8 Å². The Bertz CT molecular complexity index is 610.